The molecule has 3 nitrogen and oxygen atoms in total. The van der Waals surface area contributed by atoms with Crippen molar-refractivity contribution in [3.05, 3.63) is 64.1 Å². The zero-order chi connectivity index (χ0) is 24.3. The number of benzene rings is 2. The topological polar surface area (TPSA) is 38.3 Å². The molecule has 0 aliphatic carbocycles. The van der Waals surface area contributed by atoms with Gasteiger partial charge in [0.05, 0.1) is 12.2 Å². The summed E-state index contributed by atoms with van der Waals surface area (Å²) in [4.78, 5) is 11.7. The molecule has 0 aliphatic rings. The third-order valence-corrected chi connectivity index (χ3v) is 6.31. The molecule has 34 heavy (non-hydrogen) atoms. The minimum absolute atomic E-state index is 0.257. The van der Waals surface area contributed by atoms with Crippen LogP contribution in [0.25, 0.3) is 0 Å². The van der Waals surface area contributed by atoms with Crippen molar-refractivity contribution in [3.8, 4) is 11.8 Å². The summed E-state index contributed by atoms with van der Waals surface area (Å²) in [6, 6.07) is 15.7. The van der Waals surface area contributed by atoms with Crippen LogP contribution >= 0.6 is 15.9 Å². The number of ether oxygens (including phenoxy) is 1. The Bertz CT molecular complexity index is 865. The molecule has 0 aliphatic heterocycles. The molecule has 2 rings (SSSR count). The van der Waals surface area contributed by atoms with E-state index in [1.165, 1.54) is 70.6 Å². The zero-order valence-corrected chi connectivity index (χ0v) is 22.3. The van der Waals surface area contributed by atoms with Crippen LogP contribution in [-0.2, 0) is 4.74 Å². The Labute approximate surface area is 215 Å². The third-order valence-electron chi connectivity index (χ3n) is 5.78. The number of halogens is 1. The third kappa shape index (κ3) is 12.8. The van der Waals surface area contributed by atoms with Gasteiger partial charge in [0, 0.05) is 28.7 Å². The van der Waals surface area contributed by atoms with Crippen LogP contribution in [0, 0.1) is 11.8 Å². The number of carbonyl (C=O) groups excluding carboxylic acids is 1. The minimum atomic E-state index is -0.257. The number of unbranched alkanes of at least 4 members (excludes halogenated alkanes) is 11. The standard InChI is InChI=1S/C30H40BrNO2/c1-2-34-30(33)27-19-23-29(24-20-27)32-25-15-13-11-9-7-5-3-4-6-8-10-12-14-16-26-17-21-28(31)22-18-26/h17-24,32H,2-13,15,25H2,1H3. The van der Waals surface area contributed by atoms with Crippen LogP contribution < -0.4 is 5.32 Å². The van der Waals surface area contributed by atoms with Crippen LogP contribution in [0.2, 0.25) is 0 Å². The number of nitrogens with one attached hydrogen (secondary N) is 1. The Morgan fingerprint density at radius 2 is 1.35 bits per heavy atom. The van der Waals surface area contributed by atoms with Crippen molar-refractivity contribution >= 4 is 27.6 Å². The zero-order valence-electron chi connectivity index (χ0n) is 20.7. The van der Waals surface area contributed by atoms with Gasteiger partial charge in [-0.2, -0.15) is 0 Å². The van der Waals surface area contributed by atoms with E-state index in [1.54, 1.807) is 0 Å². The maximum Gasteiger partial charge on any atom is 0.338 e. The monoisotopic (exact) mass is 525 g/mol. The van der Waals surface area contributed by atoms with Gasteiger partial charge in [-0.1, -0.05) is 85.6 Å². The second kappa shape index (κ2) is 18.1. The van der Waals surface area contributed by atoms with E-state index in [2.05, 4.69) is 45.2 Å². The Morgan fingerprint density at radius 3 is 1.94 bits per heavy atom. The van der Waals surface area contributed by atoms with Gasteiger partial charge in [-0.15, -0.1) is 0 Å². The van der Waals surface area contributed by atoms with Crippen LogP contribution in [0.3, 0.4) is 0 Å². The van der Waals surface area contributed by atoms with Gasteiger partial charge >= 0.3 is 5.97 Å². The highest BCUT2D eigenvalue weighted by molar-refractivity contribution is 9.10. The summed E-state index contributed by atoms with van der Waals surface area (Å²) in [5.41, 5.74) is 2.76. The van der Waals surface area contributed by atoms with E-state index >= 15 is 0 Å². The second-order valence-corrected chi connectivity index (χ2v) is 9.59. The number of esters is 1. The van der Waals surface area contributed by atoms with E-state index in [0.29, 0.717) is 12.2 Å². The van der Waals surface area contributed by atoms with Crippen LogP contribution in [-0.4, -0.2) is 19.1 Å². The lowest BCUT2D eigenvalue weighted by Crippen LogP contribution is -2.05. The van der Waals surface area contributed by atoms with E-state index in [1.807, 2.05) is 43.3 Å². The maximum absolute atomic E-state index is 11.7. The molecule has 0 bridgehead atoms. The molecule has 0 saturated carbocycles. The highest BCUT2D eigenvalue weighted by Crippen LogP contribution is 2.14. The van der Waals surface area contributed by atoms with Crippen LogP contribution in [0.1, 0.15) is 99.9 Å². The van der Waals surface area contributed by atoms with Crippen LogP contribution in [0.4, 0.5) is 5.69 Å². The summed E-state index contributed by atoms with van der Waals surface area (Å²) in [7, 11) is 0. The number of carbonyl (C=O) groups is 1. The Kier molecular flexibility index (Phi) is 14.9. The van der Waals surface area contributed by atoms with Crippen molar-refractivity contribution in [2.75, 3.05) is 18.5 Å². The molecule has 2 aromatic carbocycles. The predicted molar refractivity (Wildman–Crippen MR) is 147 cm³/mol. The number of hydrogen-bond acceptors (Lipinski definition) is 3. The second-order valence-electron chi connectivity index (χ2n) is 8.67. The van der Waals surface area contributed by atoms with Gasteiger partial charge in [0.2, 0.25) is 0 Å². The molecule has 0 saturated heterocycles. The molecular weight excluding hydrogens is 486 g/mol. The molecule has 0 radical (unpaired) electrons. The maximum atomic E-state index is 11.7. The van der Waals surface area contributed by atoms with Gasteiger partial charge in [0.25, 0.3) is 0 Å². The Morgan fingerprint density at radius 1 is 0.794 bits per heavy atom. The van der Waals surface area contributed by atoms with Crippen LogP contribution in [0.15, 0.2) is 53.0 Å². The first-order chi connectivity index (χ1) is 16.7. The fraction of sp³-hybridized carbons (Fsp3) is 0.500. The first-order valence-corrected chi connectivity index (χ1v) is 13.7. The first-order valence-electron chi connectivity index (χ1n) is 12.9. The Hall–Kier alpha value is -2.25. The van der Waals surface area contributed by atoms with Gasteiger partial charge in [-0.25, -0.2) is 4.79 Å². The molecule has 0 fully saturated rings. The average molecular weight is 527 g/mol. The van der Waals surface area contributed by atoms with E-state index in [0.717, 1.165) is 28.7 Å². The lowest BCUT2D eigenvalue weighted by atomic mass is 10.1. The van der Waals surface area contributed by atoms with E-state index < -0.39 is 0 Å². The molecule has 0 aromatic heterocycles. The molecule has 4 heteroatoms. The number of rotatable bonds is 16. The predicted octanol–water partition coefficient (Wildman–Crippen LogP) is 8.77. The molecule has 0 amide bonds. The first kappa shape index (κ1) is 28.0. The molecule has 184 valence electrons. The van der Waals surface area contributed by atoms with Crippen molar-refractivity contribution in [2.45, 2.75) is 84.0 Å². The van der Waals surface area contributed by atoms with Crippen molar-refractivity contribution in [2.24, 2.45) is 0 Å². The SMILES string of the molecule is CCOC(=O)c1ccc(NCCCCCCCCCCCCCC#Cc2ccc(Br)cc2)cc1. The molecule has 2 aromatic rings. The Balaban J connectivity index is 1.35. The smallest absolute Gasteiger partial charge is 0.338 e. The summed E-state index contributed by atoms with van der Waals surface area (Å²) < 4.78 is 6.11. The fourth-order valence-electron chi connectivity index (χ4n) is 3.80. The van der Waals surface area contributed by atoms with Crippen molar-refractivity contribution in [1.82, 2.24) is 0 Å². The summed E-state index contributed by atoms with van der Waals surface area (Å²) >= 11 is 3.45. The number of hydrogen-bond donors (Lipinski definition) is 1. The quantitative estimate of drug-likeness (QED) is 0.135. The molecule has 0 heterocycles. The highest BCUT2D eigenvalue weighted by atomic mass is 79.9. The van der Waals surface area contributed by atoms with Crippen molar-refractivity contribution in [1.29, 1.82) is 0 Å². The van der Waals surface area contributed by atoms with Crippen LogP contribution in [0.5, 0.6) is 0 Å². The summed E-state index contributed by atoms with van der Waals surface area (Å²) in [6.45, 7) is 3.20. The van der Waals surface area contributed by atoms with Crippen molar-refractivity contribution in [3.63, 3.8) is 0 Å². The van der Waals surface area contributed by atoms with Crippen molar-refractivity contribution < 1.29 is 9.53 Å². The lowest BCUT2D eigenvalue weighted by Gasteiger charge is -2.07. The molecular formula is C30H40BrNO2. The molecule has 0 unspecified atom stereocenters. The fourth-order valence-corrected chi connectivity index (χ4v) is 4.06. The van der Waals surface area contributed by atoms with Gasteiger partial charge in [-0.05, 0) is 68.3 Å². The van der Waals surface area contributed by atoms with Gasteiger partial charge < -0.3 is 10.1 Å². The largest absolute Gasteiger partial charge is 0.462 e. The molecule has 0 atom stereocenters. The molecule has 1 N–H and O–H groups in total. The summed E-state index contributed by atoms with van der Waals surface area (Å²) in [6.07, 6.45) is 15.4. The van der Waals surface area contributed by atoms with E-state index in [9.17, 15) is 4.79 Å². The summed E-state index contributed by atoms with van der Waals surface area (Å²) in [5.74, 6) is 6.28. The van der Waals surface area contributed by atoms with E-state index in [-0.39, 0.29) is 5.97 Å². The van der Waals surface area contributed by atoms with Gasteiger partial charge in [0.15, 0.2) is 0 Å². The summed E-state index contributed by atoms with van der Waals surface area (Å²) in [5, 5.41) is 3.43. The van der Waals surface area contributed by atoms with Gasteiger partial charge in [-0.3, -0.25) is 0 Å². The van der Waals surface area contributed by atoms with Gasteiger partial charge in [0.1, 0.15) is 0 Å². The molecule has 0 spiro atoms. The van der Waals surface area contributed by atoms with E-state index in [4.69, 9.17) is 4.74 Å². The average Bonchev–Trinajstić information content (AvgIpc) is 2.85. The normalized spacial score (nSPS) is 10.4. The lowest BCUT2D eigenvalue weighted by molar-refractivity contribution is 0.0526. The highest BCUT2D eigenvalue weighted by Gasteiger charge is 2.05. The number of anilines is 1. The minimum Gasteiger partial charge on any atom is -0.462 e.